The molecule has 0 bridgehead atoms. The molecule has 0 aliphatic rings. The van der Waals surface area contributed by atoms with Crippen molar-refractivity contribution in [3.63, 3.8) is 0 Å². The van der Waals surface area contributed by atoms with E-state index in [1.807, 2.05) is 0 Å². The Balaban J connectivity index is 2.70. The van der Waals surface area contributed by atoms with Crippen LogP contribution >= 0.6 is 0 Å². The molecule has 0 saturated heterocycles. The van der Waals surface area contributed by atoms with Gasteiger partial charge in [-0.05, 0) is 19.1 Å². The first-order chi connectivity index (χ1) is 9.33. The monoisotopic (exact) mass is 287 g/mol. The van der Waals surface area contributed by atoms with Crippen molar-refractivity contribution in [2.45, 2.75) is 13.0 Å². The number of alkyl carbamates (subject to hydrolysis) is 1. The summed E-state index contributed by atoms with van der Waals surface area (Å²) in [7, 11) is 1.05. The quantitative estimate of drug-likeness (QED) is 0.850. The third kappa shape index (κ3) is 4.30. The zero-order valence-corrected chi connectivity index (χ0v) is 10.6. The van der Waals surface area contributed by atoms with E-state index in [-0.39, 0.29) is 5.56 Å². The number of hydrogen-bond acceptors (Lipinski definition) is 5. The molecule has 1 atom stereocenters. The predicted octanol–water partition coefficient (Wildman–Crippen LogP) is 1.39. The summed E-state index contributed by atoms with van der Waals surface area (Å²) < 4.78 is 34.7. The van der Waals surface area contributed by atoms with Gasteiger partial charge < -0.3 is 9.47 Å². The summed E-state index contributed by atoms with van der Waals surface area (Å²) in [6.07, 6.45) is -2.36. The second-order valence-corrected chi connectivity index (χ2v) is 3.69. The Morgan fingerprint density at radius 2 is 1.70 bits per heavy atom. The van der Waals surface area contributed by atoms with E-state index in [1.165, 1.54) is 6.92 Å². The Kier molecular flexibility index (Phi) is 5.13. The number of carbonyl (C=O) groups is 3. The van der Waals surface area contributed by atoms with Gasteiger partial charge in [0.2, 0.25) is 0 Å². The van der Waals surface area contributed by atoms with Gasteiger partial charge in [0.1, 0.15) is 11.6 Å². The summed E-state index contributed by atoms with van der Waals surface area (Å²) >= 11 is 0. The molecule has 1 N–H and O–H groups in total. The summed E-state index contributed by atoms with van der Waals surface area (Å²) in [5, 5.41) is 1.78. The number of imide groups is 1. The third-order valence-electron chi connectivity index (χ3n) is 2.16. The van der Waals surface area contributed by atoms with E-state index in [0.717, 1.165) is 19.2 Å². The van der Waals surface area contributed by atoms with Crippen LogP contribution in [0.5, 0.6) is 0 Å². The Morgan fingerprint density at radius 3 is 2.20 bits per heavy atom. The van der Waals surface area contributed by atoms with Crippen molar-refractivity contribution in [1.82, 2.24) is 5.32 Å². The Labute approximate surface area is 112 Å². The molecule has 0 aliphatic carbocycles. The standard InChI is InChI=1S/C12H11F2NO5/c1-6(10(16)15-12(18)19-2)20-11(17)7-3-8(13)5-9(14)4-7/h3-6H,1-2H3,(H,15,16,18)/t6-/m1/s1. The molecular formula is C12H11F2NO5. The lowest BCUT2D eigenvalue weighted by atomic mass is 10.2. The van der Waals surface area contributed by atoms with Crippen molar-refractivity contribution in [1.29, 1.82) is 0 Å². The maximum atomic E-state index is 12.9. The van der Waals surface area contributed by atoms with Gasteiger partial charge in [-0.15, -0.1) is 0 Å². The molecule has 108 valence electrons. The number of hydrogen-bond donors (Lipinski definition) is 1. The summed E-state index contributed by atoms with van der Waals surface area (Å²) in [6.45, 7) is 1.19. The molecule has 0 aliphatic heterocycles. The van der Waals surface area contributed by atoms with Crippen molar-refractivity contribution in [3.05, 3.63) is 35.4 Å². The number of rotatable bonds is 3. The van der Waals surface area contributed by atoms with Crippen LogP contribution in [0.3, 0.4) is 0 Å². The molecule has 0 aromatic heterocycles. The molecule has 0 fully saturated rings. The summed E-state index contributed by atoms with van der Waals surface area (Å²) in [6, 6.07) is 2.11. The van der Waals surface area contributed by atoms with E-state index in [9.17, 15) is 23.2 Å². The summed E-state index contributed by atoms with van der Waals surface area (Å²) in [4.78, 5) is 33.7. The largest absolute Gasteiger partial charge is 0.453 e. The van der Waals surface area contributed by atoms with Gasteiger partial charge in [-0.2, -0.15) is 0 Å². The van der Waals surface area contributed by atoms with Gasteiger partial charge >= 0.3 is 12.1 Å². The van der Waals surface area contributed by atoms with Crippen LogP contribution in [0.15, 0.2) is 18.2 Å². The lowest BCUT2D eigenvalue weighted by Gasteiger charge is -2.12. The smallest absolute Gasteiger partial charge is 0.413 e. The molecule has 1 aromatic rings. The van der Waals surface area contributed by atoms with Crippen LogP contribution in [0.4, 0.5) is 13.6 Å². The fourth-order valence-electron chi connectivity index (χ4n) is 1.21. The Morgan fingerprint density at radius 1 is 1.15 bits per heavy atom. The van der Waals surface area contributed by atoms with Gasteiger partial charge in [0.05, 0.1) is 12.7 Å². The van der Waals surface area contributed by atoms with Gasteiger partial charge in [0, 0.05) is 6.07 Å². The van der Waals surface area contributed by atoms with Crippen LogP contribution < -0.4 is 5.32 Å². The Bertz CT molecular complexity index is 526. The lowest BCUT2D eigenvalue weighted by Crippen LogP contribution is -2.39. The number of methoxy groups -OCH3 is 1. The number of ether oxygens (including phenoxy) is 2. The fraction of sp³-hybridized carbons (Fsp3) is 0.250. The maximum absolute atomic E-state index is 12.9. The number of nitrogens with one attached hydrogen (secondary N) is 1. The third-order valence-corrected chi connectivity index (χ3v) is 2.16. The average Bonchev–Trinajstić information content (AvgIpc) is 2.37. The van der Waals surface area contributed by atoms with Gasteiger partial charge in [0.25, 0.3) is 5.91 Å². The molecular weight excluding hydrogens is 276 g/mol. The molecule has 0 unspecified atom stereocenters. The van der Waals surface area contributed by atoms with Crippen LogP contribution in [-0.4, -0.2) is 31.2 Å². The zero-order chi connectivity index (χ0) is 15.3. The second kappa shape index (κ2) is 6.60. The number of amides is 2. The van der Waals surface area contributed by atoms with Gasteiger partial charge in [-0.3, -0.25) is 10.1 Å². The normalized spacial score (nSPS) is 11.4. The number of esters is 1. The first-order valence-corrected chi connectivity index (χ1v) is 5.39. The van der Waals surface area contributed by atoms with Crippen LogP contribution in [0.2, 0.25) is 0 Å². The highest BCUT2D eigenvalue weighted by Crippen LogP contribution is 2.10. The van der Waals surface area contributed by atoms with E-state index in [2.05, 4.69) is 9.47 Å². The van der Waals surface area contributed by atoms with E-state index in [4.69, 9.17) is 0 Å². The first-order valence-electron chi connectivity index (χ1n) is 5.39. The molecule has 8 heteroatoms. The van der Waals surface area contributed by atoms with E-state index in [0.29, 0.717) is 6.07 Å². The molecule has 0 saturated carbocycles. The van der Waals surface area contributed by atoms with Crippen molar-refractivity contribution in [2.75, 3.05) is 7.11 Å². The summed E-state index contributed by atoms with van der Waals surface area (Å²) in [5.41, 5.74) is -0.389. The topological polar surface area (TPSA) is 81.7 Å². The Hall–Kier alpha value is -2.51. The molecule has 0 radical (unpaired) electrons. The van der Waals surface area contributed by atoms with Gasteiger partial charge in [0.15, 0.2) is 6.10 Å². The van der Waals surface area contributed by atoms with Crippen molar-refractivity contribution >= 4 is 18.0 Å². The molecule has 1 rings (SSSR count). The lowest BCUT2D eigenvalue weighted by molar-refractivity contribution is -0.128. The number of halogens is 2. The van der Waals surface area contributed by atoms with Crippen molar-refractivity contribution in [3.8, 4) is 0 Å². The highest BCUT2D eigenvalue weighted by molar-refractivity contribution is 5.96. The van der Waals surface area contributed by atoms with E-state index < -0.39 is 35.7 Å². The molecule has 0 heterocycles. The second-order valence-electron chi connectivity index (χ2n) is 3.69. The predicted molar refractivity (Wildman–Crippen MR) is 61.8 cm³/mol. The van der Waals surface area contributed by atoms with E-state index in [1.54, 1.807) is 5.32 Å². The van der Waals surface area contributed by atoms with Crippen LogP contribution in [-0.2, 0) is 14.3 Å². The minimum atomic E-state index is -1.34. The fourth-order valence-corrected chi connectivity index (χ4v) is 1.21. The SMILES string of the molecule is COC(=O)NC(=O)[C@@H](C)OC(=O)c1cc(F)cc(F)c1. The highest BCUT2D eigenvalue weighted by atomic mass is 19.1. The minimum Gasteiger partial charge on any atom is -0.453 e. The zero-order valence-electron chi connectivity index (χ0n) is 10.6. The molecule has 2 amide bonds. The van der Waals surface area contributed by atoms with Crippen molar-refractivity contribution < 1.29 is 32.6 Å². The highest BCUT2D eigenvalue weighted by Gasteiger charge is 2.21. The first kappa shape index (κ1) is 15.5. The minimum absolute atomic E-state index is 0.389. The average molecular weight is 287 g/mol. The maximum Gasteiger partial charge on any atom is 0.413 e. The number of benzene rings is 1. The molecule has 0 spiro atoms. The van der Waals surface area contributed by atoms with Crippen molar-refractivity contribution in [2.24, 2.45) is 0 Å². The molecule has 1 aromatic carbocycles. The molecule has 20 heavy (non-hydrogen) atoms. The number of carbonyl (C=O) groups excluding carboxylic acids is 3. The van der Waals surface area contributed by atoms with Crippen LogP contribution in [0, 0.1) is 11.6 Å². The van der Waals surface area contributed by atoms with Gasteiger partial charge in [-0.25, -0.2) is 18.4 Å². The summed E-state index contributed by atoms with van der Waals surface area (Å²) in [5.74, 6) is -3.94. The van der Waals surface area contributed by atoms with E-state index >= 15 is 0 Å². The molecule has 6 nitrogen and oxygen atoms in total. The van der Waals surface area contributed by atoms with Crippen LogP contribution in [0.1, 0.15) is 17.3 Å². The van der Waals surface area contributed by atoms with Gasteiger partial charge in [-0.1, -0.05) is 0 Å². The van der Waals surface area contributed by atoms with Crippen LogP contribution in [0.25, 0.3) is 0 Å².